The Bertz CT molecular complexity index is 233. The first kappa shape index (κ1) is 13.9. The summed E-state index contributed by atoms with van der Waals surface area (Å²) in [5.74, 6) is -1.50. The first-order valence-electron chi connectivity index (χ1n) is 5.25. The molecule has 0 aliphatic rings. The highest BCUT2D eigenvalue weighted by molar-refractivity contribution is 5.76. The van der Waals surface area contributed by atoms with Gasteiger partial charge in [0.1, 0.15) is 0 Å². The maximum absolute atomic E-state index is 11.5. The second-order valence-corrected chi connectivity index (χ2v) is 4.25. The molecule has 0 rings (SSSR count). The smallest absolute Gasteiger partial charge is 0.309 e. The van der Waals surface area contributed by atoms with E-state index in [4.69, 9.17) is 9.84 Å². The summed E-state index contributed by atoms with van der Waals surface area (Å²) in [6.45, 7) is 7.18. The zero-order chi connectivity index (χ0) is 12.1. The zero-order valence-electron chi connectivity index (χ0n) is 9.87. The molecule has 0 amide bonds. The molecule has 0 aromatic rings. The van der Waals surface area contributed by atoms with Crippen molar-refractivity contribution < 1.29 is 19.4 Å². The summed E-state index contributed by atoms with van der Waals surface area (Å²) in [7, 11) is 0. The number of ether oxygens (including phenoxy) is 1. The molecule has 4 heteroatoms. The third-order valence-corrected chi connectivity index (χ3v) is 2.45. The molecule has 0 saturated carbocycles. The van der Waals surface area contributed by atoms with E-state index in [0.29, 0.717) is 19.4 Å². The molecule has 1 atom stereocenters. The van der Waals surface area contributed by atoms with Gasteiger partial charge in [-0.2, -0.15) is 0 Å². The van der Waals surface area contributed by atoms with Crippen LogP contribution in [-0.2, 0) is 14.3 Å². The molecule has 0 aromatic heterocycles. The Morgan fingerprint density at radius 1 is 1.33 bits per heavy atom. The fraction of sp³-hybridized carbons (Fsp3) is 0.818. The summed E-state index contributed by atoms with van der Waals surface area (Å²) >= 11 is 0. The summed E-state index contributed by atoms with van der Waals surface area (Å²) in [6.07, 6.45) is 0.924. The van der Waals surface area contributed by atoms with Crippen LogP contribution in [0, 0.1) is 11.3 Å². The van der Waals surface area contributed by atoms with Gasteiger partial charge in [-0.3, -0.25) is 9.59 Å². The van der Waals surface area contributed by atoms with E-state index in [9.17, 15) is 9.59 Å². The SMILES string of the molecule is CCOC(=O)C(CC)CC(C)(C)C(=O)O. The molecular weight excluding hydrogens is 196 g/mol. The Balaban J connectivity index is 4.45. The lowest BCUT2D eigenvalue weighted by atomic mass is 9.82. The van der Waals surface area contributed by atoms with Crippen molar-refractivity contribution in [1.82, 2.24) is 0 Å². The molecule has 1 unspecified atom stereocenters. The van der Waals surface area contributed by atoms with E-state index in [-0.39, 0.29) is 11.9 Å². The Kier molecular flexibility index (Phi) is 5.33. The Labute approximate surface area is 90.6 Å². The number of hydrogen-bond donors (Lipinski definition) is 1. The number of carbonyl (C=O) groups excluding carboxylic acids is 1. The molecule has 0 fully saturated rings. The minimum absolute atomic E-state index is 0.297. The highest BCUT2D eigenvalue weighted by Gasteiger charge is 2.33. The highest BCUT2D eigenvalue weighted by atomic mass is 16.5. The lowest BCUT2D eigenvalue weighted by Gasteiger charge is -2.23. The van der Waals surface area contributed by atoms with Crippen molar-refractivity contribution in [1.29, 1.82) is 0 Å². The maximum atomic E-state index is 11.5. The molecule has 1 N–H and O–H groups in total. The van der Waals surface area contributed by atoms with Crippen LogP contribution in [0.4, 0.5) is 0 Å². The molecule has 0 bridgehead atoms. The van der Waals surface area contributed by atoms with Gasteiger partial charge in [-0.05, 0) is 33.6 Å². The van der Waals surface area contributed by atoms with Gasteiger partial charge in [0.05, 0.1) is 17.9 Å². The van der Waals surface area contributed by atoms with Crippen molar-refractivity contribution in [2.75, 3.05) is 6.61 Å². The van der Waals surface area contributed by atoms with Crippen molar-refractivity contribution in [2.45, 2.75) is 40.5 Å². The van der Waals surface area contributed by atoms with E-state index in [0.717, 1.165) is 0 Å². The Morgan fingerprint density at radius 2 is 1.87 bits per heavy atom. The molecule has 0 aromatic carbocycles. The topological polar surface area (TPSA) is 63.6 Å². The normalized spacial score (nSPS) is 13.3. The second kappa shape index (κ2) is 5.73. The van der Waals surface area contributed by atoms with Crippen LogP contribution in [0.2, 0.25) is 0 Å². The van der Waals surface area contributed by atoms with E-state index in [1.54, 1.807) is 20.8 Å². The molecule has 15 heavy (non-hydrogen) atoms. The van der Waals surface area contributed by atoms with Crippen LogP contribution in [0.15, 0.2) is 0 Å². The molecule has 0 aliphatic heterocycles. The van der Waals surface area contributed by atoms with Gasteiger partial charge in [-0.15, -0.1) is 0 Å². The molecule has 88 valence electrons. The zero-order valence-corrected chi connectivity index (χ0v) is 9.87. The summed E-state index contributed by atoms with van der Waals surface area (Å²) < 4.78 is 4.89. The van der Waals surface area contributed by atoms with Crippen molar-refractivity contribution in [3.05, 3.63) is 0 Å². The number of rotatable bonds is 6. The standard InChI is InChI=1S/C11H20O4/c1-5-8(9(12)15-6-2)7-11(3,4)10(13)14/h8H,5-7H2,1-4H3,(H,13,14). The highest BCUT2D eigenvalue weighted by Crippen LogP contribution is 2.28. The first-order chi connectivity index (χ1) is 6.85. The van der Waals surface area contributed by atoms with Crippen LogP contribution >= 0.6 is 0 Å². The van der Waals surface area contributed by atoms with E-state index in [2.05, 4.69) is 0 Å². The third kappa shape index (κ3) is 4.32. The average molecular weight is 216 g/mol. The van der Waals surface area contributed by atoms with Crippen molar-refractivity contribution in [2.24, 2.45) is 11.3 Å². The van der Waals surface area contributed by atoms with Gasteiger partial charge < -0.3 is 9.84 Å². The van der Waals surface area contributed by atoms with E-state index >= 15 is 0 Å². The predicted octanol–water partition coefficient (Wildman–Crippen LogP) is 2.08. The van der Waals surface area contributed by atoms with Crippen LogP contribution in [0.1, 0.15) is 40.5 Å². The van der Waals surface area contributed by atoms with Crippen LogP contribution < -0.4 is 0 Å². The van der Waals surface area contributed by atoms with Crippen LogP contribution in [0.25, 0.3) is 0 Å². The summed E-state index contributed by atoms with van der Waals surface area (Å²) in [5, 5.41) is 8.95. The largest absolute Gasteiger partial charge is 0.481 e. The third-order valence-electron chi connectivity index (χ3n) is 2.45. The average Bonchev–Trinajstić information content (AvgIpc) is 2.14. The number of carboxylic acids is 1. The summed E-state index contributed by atoms with van der Waals surface area (Å²) in [6, 6.07) is 0. The number of carboxylic acid groups (broad SMARTS) is 1. The molecule has 0 saturated heterocycles. The lowest BCUT2D eigenvalue weighted by Crippen LogP contribution is -2.30. The molecule has 0 aliphatic carbocycles. The summed E-state index contributed by atoms with van der Waals surface area (Å²) in [4.78, 5) is 22.4. The molecule has 0 heterocycles. The minimum atomic E-state index is -0.884. The van der Waals surface area contributed by atoms with Gasteiger partial charge in [0.2, 0.25) is 0 Å². The minimum Gasteiger partial charge on any atom is -0.481 e. The number of carbonyl (C=O) groups is 2. The maximum Gasteiger partial charge on any atom is 0.309 e. The lowest BCUT2D eigenvalue weighted by molar-refractivity contribution is -0.153. The van der Waals surface area contributed by atoms with Gasteiger partial charge in [-0.1, -0.05) is 6.92 Å². The summed E-state index contributed by atoms with van der Waals surface area (Å²) in [5.41, 5.74) is -0.882. The number of esters is 1. The molecule has 0 radical (unpaired) electrons. The van der Waals surface area contributed by atoms with Crippen molar-refractivity contribution in [3.63, 3.8) is 0 Å². The van der Waals surface area contributed by atoms with Gasteiger partial charge in [0, 0.05) is 0 Å². The first-order valence-corrected chi connectivity index (χ1v) is 5.25. The Morgan fingerprint density at radius 3 is 2.20 bits per heavy atom. The van der Waals surface area contributed by atoms with Gasteiger partial charge >= 0.3 is 11.9 Å². The molecular formula is C11H20O4. The van der Waals surface area contributed by atoms with E-state index < -0.39 is 11.4 Å². The van der Waals surface area contributed by atoms with Crippen LogP contribution in [0.5, 0.6) is 0 Å². The van der Waals surface area contributed by atoms with Gasteiger partial charge in [0.25, 0.3) is 0 Å². The predicted molar refractivity (Wildman–Crippen MR) is 56.4 cm³/mol. The molecule has 0 spiro atoms. The fourth-order valence-electron chi connectivity index (χ4n) is 1.36. The number of aliphatic carboxylic acids is 1. The second-order valence-electron chi connectivity index (χ2n) is 4.25. The fourth-order valence-corrected chi connectivity index (χ4v) is 1.36. The Hall–Kier alpha value is -1.06. The quantitative estimate of drug-likeness (QED) is 0.690. The van der Waals surface area contributed by atoms with Crippen LogP contribution in [0.3, 0.4) is 0 Å². The van der Waals surface area contributed by atoms with E-state index in [1.807, 2.05) is 6.92 Å². The number of hydrogen-bond acceptors (Lipinski definition) is 3. The van der Waals surface area contributed by atoms with Crippen molar-refractivity contribution in [3.8, 4) is 0 Å². The monoisotopic (exact) mass is 216 g/mol. The molecule has 4 nitrogen and oxygen atoms in total. The van der Waals surface area contributed by atoms with Gasteiger partial charge in [0.15, 0.2) is 0 Å². The van der Waals surface area contributed by atoms with Crippen molar-refractivity contribution >= 4 is 11.9 Å². The van der Waals surface area contributed by atoms with Crippen LogP contribution in [-0.4, -0.2) is 23.7 Å². The van der Waals surface area contributed by atoms with E-state index in [1.165, 1.54) is 0 Å². The van der Waals surface area contributed by atoms with Gasteiger partial charge in [-0.25, -0.2) is 0 Å².